The Balaban J connectivity index is 2.08. The average Bonchev–Trinajstić information content (AvgIpc) is 3.07. The Morgan fingerprint density at radius 2 is 2.10 bits per heavy atom. The molecule has 1 aliphatic rings. The van der Waals surface area contributed by atoms with Crippen LogP contribution in [0, 0.1) is 18.5 Å². The maximum Gasteiger partial charge on any atom is 0.177 e. The van der Waals surface area contributed by atoms with Gasteiger partial charge in [-0.15, -0.1) is 10.6 Å². The van der Waals surface area contributed by atoms with Crippen molar-refractivity contribution in [2.75, 3.05) is 6.54 Å². The number of nitrogens with one attached hydrogen (secondary N) is 3. The number of nitrogens with zero attached hydrogens (tertiary/aromatic N) is 3. The fourth-order valence-electron chi connectivity index (χ4n) is 2.36. The van der Waals surface area contributed by atoms with Gasteiger partial charge in [-0.3, -0.25) is 10.1 Å². The molecule has 2 aromatic rings. The van der Waals surface area contributed by atoms with E-state index < -0.39 is 0 Å². The Morgan fingerprint density at radius 3 is 2.86 bits per heavy atom. The first kappa shape index (κ1) is 13.8. The number of amidine groups is 1. The van der Waals surface area contributed by atoms with Gasteiger partial charge in [-0.05, 0) is 38.0 Å². The first-order valence-corrected chi connectivity index (χ1v) is 7.27. The first-order valence-electron chi connectivity index (χ1n) is 6.86. The Labute approximate surface area is 128 Å². The predicted molar refractivity (Wildman–Crippen MR) is 85.6 cm³/mol. The monoisotopic (exact) mass is 302 g/mol. The van der Waals surface area contributed by atoms with Gasteiger partial charge in [0.2, 0.25) is 0 Å². The van der Waals surface area contributed by atoms with Crippen molar-refractivity contribution in [2.45, 2.75) is 20.8 Å². The SMILES string of the molecule is CCN1NNN=C1c1c[nH]n(-c2cc(C)ccc2C)c1=S. The van der Waals surface area contributed by atoms with Crippen LogP contribution in [0.4, 0.5) is 0 Å². The van der Waals surface area contributed by atoms with Crippen molar-refractivity contribution in [2.24, 2.45) is 5.10 Å². The van der Waals surface area contributed by atoms with E-state index >= 15 is 0 Å². The van der Waals surface area contributed by atoms with Gasteiger partial charge in [0.05, 0.1) is 11.3 Å². The van der Waals surface area contributed by atoms with Gasteiger partial charge < -0.3 is 0 Å². The zero-order valence-electron chi connectivity index (χ0n) is 12.3. The molecule has 0 radical (unpaired) electrons. The second-order valence-corrected chi connectivity index (χ2v) is 5.41. The van der Waals surface area contributed by atoms with Gasteiger partial charge >= 0.3 is 0 Å². The van der Waals surface area contributed by atoms with Crippen LogP contribution in [0.5, 0.6) is 0 Å². The molecular weight excluding hydrogens is 284 g/mol. The average molecular weight is 302 g/mol. The highest BCUT2D eigenvalue weighted by Gasteiger charge is 2.20. The van der Waals surface area contributed by atoms with E-state index in [9.17, 15) is 0 Å². The molecule has 110 valence electrons. The zero-order valence-corrected chi connectivity index (χ0v) is 13.1. The lowest BCUT2D eigenvalue weighted by Gasteiger charge is -2.15. The number of hydrazine groups is 2. The van der Waals surface area contributed by atoms with Crippen molar-refractivity contribution in [3.63, 3.8) is 0 Å². The first-order chi connectivity index (χ1) is 10.1. The van der Waals surface area contributed by atoms with Gasteiger partial charge in [0.25, 0.3) is 0 Å². The second-order valence-electron chi connectivity index (χ2n) is 5.02. The number of H-pyrrole nitrogens is 1. The summed E-state index contributed by atoms with van der Waals surface area (Å²) in [5.41, 5.74) is 10.1. The third kappa shape index (κ3) is 2.34. The van der Waals surface area contributed by atoms with Gasteiger partial charge in [-0.2, -0.15) is 0 Å². The van der Waals surface area contributed by atoms with Gasteiger partial charge in [-0.25, -0.2) is 10.2 Å². The van der Waals surface area contributed by atoms with Crippen LogP contribution < -0.4 is 11.1 Å². The molecular formula is C14H18N6S. The summed E-state index contributed by atoms with van der Waals surface area (Å²) < 4.78 is 2.63. The van der Waals surface area contributed by atoms with Gasteiger partial charge in [0.15, 0.2) is 5.84 Å². The molecule has 0 amide bonds. The van der Waals surface area contributed by atoms with E-state index in [-0.39, 0.29) is 0 Å². The van der Waals surface area contributed by atoms with Crippen molar-refractivity contribution in [1.29, 1.82) is 0 Å². The molecule has 0 saturated carbocycles. The number of rotatable bonds is 3. The fourth-order valence-corrected chi connectivity index (χ4v) is 2.66. The third-order valence-corrected chi connectivity index (χ3v) is 3.94. The molecule has 0 bridgehead atoms. The standard InChI is InChI=1S/C14H18N6S/c1-4-19-13(16-17-18-19)11-8-15-20(14(11)21)12-7-9(2)5-6-10(12)3/h5-8,15,17-18H,4H2,1-3H3. The van der Waals surface area contributed by atoms with Crippen LogP contribution in [-0.2, 0) is 0 Å². The summed E-state index contributed by atoms with van der Waals surface area (Å²) in [7, 11) is 0. The predicted octanol–water partition coefficient (Wildman–Crippen LogP) is 2.16. The maximum atomic E-state index is 5.62. The second kappa shape index (κ2) is 5.34. The molecule has 21 heavy (non-hydrogen) atoms. The Bertz CT molecular complexity index is 757. The number of benzene rings is 1. The summed E-state index contributed by atoms with van der Waals surface area (Å²) in [6.45, 7) is 6.98. The molecule has 0 saturated heterocycles. The van der Waals surface area contributed by atoms with Crippen LogP contribution in [0.3, 0.4) is 0 Å². The molecule has 3 rings (SSSR count). The molecule has 0 aliphatic carbocycles. The topological polar surface area (TPSA) is 60.4 Å². The number of hydrogen-bond acceptors (Lipinski definition) is 5. The van der Waals surface area contributed by atoms with E-state index in [0.29, 0.717) is 4.64 Å². The molecule has 1 aliphatic heterocycles. The molecule has 7 heteroatoms. The largest absolute Gasteiger partial charge is 0.299 e. The highest BCUT2D eigenvalue weighted by Crippen LogP contribution is 2.18. The summed E-state index contributed by atoms with van der Waals surface area (Å²) in [6.07, 6.45) is 1.89. The van der Waals surface area contributed by atoms with E-state index in [1.54, 1.807) is 0 Å². The molecule has 3 N–H and O–H groups in total. The summed E-state index contributed by atoms with van der Waals surface area (Å²) in [6, 6.07) is 6.32. The lowest BCUT2D eigenvalue weighted by Crippen LogP contribution is -2.40. The molecule has 0 unspecified atom stereocenters. The van der Waals surface area contributed by atoms with E-state index in [0.717, 1.165) is 23.6 Å². The number of hydrazone groups is 1. The van der Waals surface area contributed by atoms with Crippen LogP contribution >= 0.6 is 12.2 Å². The highest BCUT2D eigenvalue weighted by molar-refractivity contribution is 7.71. The van der Waals surface area contributed by atoms with Crippen LogP contribution in [0.15, 0.2) is 29.5 Å². The summed E-state index contributed by atoms with van der Waals surface area (Å²) in [5, 5.41) is 9.39. The number of hydrogen-bond donors (Lipinski definition) is 3. The number of aromatic nitrogens is 2. The van der Waals surface area contributed by atoms with Crippen molar-refractivity contribution >= 4 is 18.1 Å². The minimum atomic E-state index is 0.714. The van der Waals surface area contributed by atoms with Crippen LogP contribution in [-0.4, -0.2) is 27.2 Å². The molecule has 1 aromatic heterocycles. The molecule has 0 spiro atoms. The summed E-state index contributed by atoms with van der Waals surface area (Å²) in [5.74, 6) is 0.794. The molecule has 2 heterocycles. The van der Waals surface area contributed by atoms with Gasteiger partial charge in [0, 0.05) is 12.7 Å². The summed E-state index contributed by atoms with van der Waals surface area (Å²) >= 11 is 5.62. The lowest BCUT2D eigenvalue weighted by atomic mass is 10.1. The normalized spacial score (nSPS) is 14.2. The van der Waals surface area contributed by atoms with E-state index in [1.807, 2.05) is 22.8 Å². The molecule has 1 aromatic carbocycles. The Hall–Kier alpha value is -2.12. The van der Waals surface area contributed by atoms with E-state index in [4.69, 9.17) is 12.2 Å². The third-order valence-electron chi connectivity index (χ3n) is 3.54. The van der Waals surface area contributed by atoms with Crippen molar-refractivity contribution in [3.8, 4) is 5.69 Å². The highest BCUT2D eigenvalue weighted by atomic mass is 32.1. The molecule has 0 atom stereocenters. The van der Waals surface area contributed by atoms with Crippen molar-refractivity contribution in [3.05, 3.63) is 45.7 Å². The smallest absolute Gasteiger partial charge is 0.177 e. The van der Waals surface area contributed by atoms with E-state index in [1.165, 1.54) is 11.1 Å². The van der Waals surface area contributed by atoms with E-state index in [2.05, 4.69) is 53.3 Å². The van der Waals surface area contributed by atoms with Crippen LogP contribution in [0.25, 0.3) is 5.69 Å². The van der Waals surface area contributed by atoms with Crippen molar-refractivity contribution < 1.29 is 0 Å². The molecule has 6 nitrogen and oxygen atoms in total. The lowest BCUT2D eigenvalue weighted by molar-refractivity contribution is 0.308. The minimum absolute atomic E-state index is 0.714. The Kier molecular flexibility index (Phi) is 3.52. The number of aromatic amines is 1. The zero-order chi connectivity index (χ0) is 15.0. The number of aryl methyl sites for hydroxylation is 2. The quantitative estimate of drug-likeness (QED) is 0.761. The Morgan fingerprint density at radius 1 is 1.29 bits per heavy atom. The van der Waals surface area contributed by atoms with Gasteiger partial charge in [0.1, 0.15) is 4.64 Å². The van der Waals surface area contributed by atoms with Crippen LogP contribution in [0.1, 0.15) is 23.6 Å². The van der Waals surface area contributed by atoms with Crippen molar-refractivity contribution in [1.82, 2.24) is 25.9 Å². The van der Waals surface area contributed by atoms with Crippen LogP contribution in [0.2, 0.25) is 0 Å². The fraction of sp³-hybridized carbons (Fsp3) is 0.286. The van der Waals surface area contributed by atoms with Gasteiger partial charge in [-0.1, -0.05) is 24.4 Å². The molecule has 0 fully saturated rings. The summed E-state index contributed by atoms with van der Waals surface area (Å²) in [4.78, 5) is 0. The minimum Gasteiger partial charge on any atom is -0.299 e. The maximum absolute atomic E-state index is 5.62.